The zero-order valence-electron chi connectivity index (χ0n) is 13.2. The van der Waals surface area contributed by atoms with E-state index >= 15 is 0 Å². The predicted molar refractivity (Wildman–Crippen MR) is 97.6 cm³/mol. The minimum Gasteiger partial charge on any atom is -0.388 e. The van der Waals surface area contributed by atoms with Gasteiger partial charge in [0.05, 0.1) is 31.9 Å². The molecule has 1 atom stereocenters. The molecule has 2 aromatic rings. The zero-order chi connectivity index (χ0) is 18.9. The van der Waals surface area contributed by atoms with Crippen LogP contribution in [-0.4, -0.2) is 39.0 Å². The molecule has 25 heavy (non-hydrogen) atoms. The number of sulfone groups is 2. The van der Waals surface area contributed by atoms with Gasteiger partial charge in [0.2, 0.25) is 0 Å². The minimum atomic E-state index is -3.98. The van der Waals surface area contributed by atoms with Crippen LogP contribution in [0, 0.1) is 0 Å². The predicted octanol–water partition coefficient (Wildman–Crippen LogP) is 2.99. The summed E-state index contributed by atoms with van der Waals surface area (Å²) in [5.41, 5.74) is -2.00. The first-order valence-electron chi connectivity index (χ1n) is 7.11. The molecule has 136 valence electrons. The lowest BCUT2D eigenvalue weighted by atomic mass is 10.2. The Bertz CT molecular complexity index is 966. The van der Waals surface area contributed by atoms with Crippen molar-refractivity contribution in [2.45, 2.75) is 22.3 Å². The third-order valence-corrected chi connectivity index (χ3v) is 8.06. The van der Waals surface area contributed by atoms with Crippen LogP contribution in [-0.2, 0) is 19.7 Å². The Morgan fingerprint density at radius 3 is 1.96 bits per heavy atom. The van der Waals surface area contributed by atoms with Gasteiger partial charge in [-0.3, -0.25) is 0 Å². The molecule has 0 fully saturated rings. The van der Waals surface area contributed by atoms with E-state index in [0.29, 0.717) is 5.02 Å². The second kappa shape index (κ2) is 7.25. The molecule has 0 bridgehead atoms. The van der Waals surface area contributed by atoms with E-state index < -0.39 is 36.8 Å². The first-order valence-corrected chi connectivity index (χ1v) is 11.2. The molecule has 0 aliphatic rings. The van der Waals surface area contributed by atoms with Crippen LogP contribution in [0.3, 0.4) is 0 Å². The second-order valence-electron chi connectivity index (χ2n) is 5.90. The summed E-state index contributed by atoms with van der Waals surface area (Å²) in [5, 5.41) is 10.8. The monoisotopic (exact) mass is 422 g/mol. The van der Waals surface area contributed by atoms with E-state index in [0.717, 1.165) is 6.92 Å². The first kappa shape index (κ1) is 20.2. The summed E-state index contributed by atoms with van der Waals surface area (Å²) >= 11 is 11.6. The molecule has 1 N–H and O–H groups in total. The lowest BCUT2D eigenvalue weighted by molar-refractivity contribution is 0.108. The van der Waals surface area contributed by atoms with Gasteiger partial charge in [0.25, 0.3) is 0 Å². The summed E-state index contributed by atoms with van der Waals surface area (Å²) in [6.45, 7) is 1.16. The van der Waals surface area contributed by atoms with E-state index in [4.69, 9.17) is 23.2 Å². The van der Waals surface area contributed by atoms with Gasteiger partial charge in [0, 0.05) is 5.02 Å². The van der Waals surface area contributed by atoms with Crippen molar-refractivity contribution in [3.05, 3.63) is 58.6 Å². The van der Waals surface area contributed by atoms with Crippen molar-refractivity contribution in [1.29, 1.82) is 0 Å². The molecule has 0 aliphatic heterocycles. The van der Waals surface area contributed by atoms with E-state index in [1.165, 1.54) is 42.5 Å². The molecule has 0 unspecified atom stereocenters. The normalized spacial score (nSPS) is 14.9. The van der Waals surface area contributed by atoms with Crippen LogP contribution >= 0.6 is 23.2 Å². The molecule has 0 heterocycles. The van der Waals surface area contributed by atoms with Gasteiger partial charge in [0.1, 0.15) is 0 Å². The SMILES string of the molecule is C[C@](O)(CS(=O)(=O)c1ccc(Cl)cc1)CS(=O)(=O)c1ccccc1Cl. The van der Waals surface area contributed by atoms with E-state index in [2.05, 4.69) is 0 Å². The van der Waals surface area contributed by atoms with E-state index in [-0.39, 0.29) is 14.8 Å². The molecule has 0 saturated heterocycles. The van der Waals surface area contributed by atoms with Gasteiger partial charge < -0.3 is 5.11 Å². The van der Waals surface area contributed by atoms with Gasteiger partial charge in [-0.05, 0) is 43.3 Å². The molecule has 0 spiro atoms. The number of benzene rings is 2. The first-order chi connectivity index (χ1) is 11.4. The molecule has 2 aromatic carbocycles. The van der Waals surface area contributed by atoms with Crippen LogP contribution in [0.4, 0.5) is 0 Å². The fourth-order valence-corrected chi connectivity index (χ4v) is 6.47. The third-order valence-electron chi connectivity index (χ3n) is 3.35. The minimum absolute atomic E-state index is 0.0128. The Balaban J connectivity index is 2.27. The number of hydrogen-bond donors (Lipinski definition) is 1. The highest BCUT2D eigenvalue weighted by molar-refractivity contribution is 7.92. The Morgan fingerprint density at radius 1 is 0.880 bits per heavy atom. The summed E-state index contributed by atoms with van der Waals surface area (Å²) in [7, 11) is -7.88. The summed E-state index contributed by atoms with van der Waals surface area (Å²) in [5.74, 6) is -1.54. The lowest BCUT2D eigenvalue weighted by Crippen LogP contribution is -2.40. The van der Waals surface area contributed by atoms with Crippen LogP contribution in [0.25, 0.3) is 0 Å². The highest BCUT2D eigenvalue weighted by Gasteiger charge is 2.35. The topological polar surface area (TPSA) is 88.5 Å². The summed E-state index contributed by atoms with van der Waals surface area (Å²) in [4.78, 5) is -0.201. The maximum absolute atomic E-state index is 12.5. The number of halogens is 2. The van der Waals surface area contributed by atoms with E-state index in [1.807, 2.05) is 0 Å². The molecule has 0 amide bonds. The van der Waals surface area contributed by atoms with Gasteiger partial charge in [-0.1, -0.05) is 35.3 Å². The van der Waals surface area contributed by atoms with Crippen LogP contribution in [0.1, 0.15) is 6.92 Å². The molecule has 2 rings (SSSR count). The average molecular weight is 423 g/mol. The van der Waals surface area contributed by atoms with E-state index in [1.54, 1.807) is 6.07 Å². The highest BCUT2D eigenvalue weighted by Crippen LogP contribution is 2.26. The maximum atomic E-state index is 12.5. The van der Waals surface area contributed by atoms with Crippen molar-refractivity contribution < 1.29 is 21.9 Å². The van der Waals surface area contributed by atoms with Gasteiger partial charge in [-0.25, -0.2) is 16.8 Å². The third kappa shape index (κ3) is 5.18. The van der Waals surface area contributed by atoms with E-state index in [9.17, 15) is 21.9 Å². The number of aliphatic hydroxyl groups is 1. The van der Waals surface area contributed by atoms with Crippen molar-refractivity contribution in [3.63, 3.8) is 0 Å². The fraction of sp³-hybridized carbons (Fsp3) is 0.250. The van der Waals surface area contributed by atoms with Crippen LogP contribution in [0.2, 0.25) is 10.0 Å². The Morgan fingerprint density at radius 2 is 1.40 bits per heavy atom. The Kier molecular flexibility index (Phi) is 5.85. The highest BCUT2D eigenvalue weighted by atomic mass is 35.5. The standard InChI is InChI=1S/C16H16Cl2O5S2/c1-16(19,10-24(20,21)13-8-6-12(17)7-9-13)11-25(22,23)15-5-3-2-4-14(15)18/h2-9,19H,10-11H2,1H3/t16-/m0/s1. The molecular weight excluding hydrogens is 407 g/mol. The molecule has 0 aromatic heterocycles. The quantitative estimate of drug-likeness (QED) is 0.772. The fourth-order valence-electron chi connectivity index (χ4n) is 2.36. The van der Waals surface area contributed by atoms with Gasteiger partial charge in [0.15, 0.2) is 19.7 Å². The lowest BCUT2D eigenvalue weighted by Gasteiger charge is -2.23. The molecule has 5 nitrogen and oxygen atoms in total. The van der Waals surface area contributed by atoms with Crippen molar-refractivity contribution in [3.8, 4) is 0 Å². The zero-order valence-corrected chi connectivity index (χ0v) is 16.3. The number of hydrogen-bond acceptors (Lipinski definition) is 5. The maximum Gasteiger partial charge on any atom is 0.182 e. The van der Waals surface area contributed by atoms with Crippen LogP contribution in [0.5, 0.6) is 0 Å². The summed E-state index contributed by atoms with van der Waals surface area (Å²) in [6, 6.07) is 11.2. The van der Waals surface area contributed by atoms with Crippen molar-refractivity contribution in [2.24, 2.45) is 0 Å². The summed E-state index contributed by atoms with van der Waals surface area (Å²) < 4.78 is 49.8. The Labute approximate surface area is 157 Å². The number of rotatable bonds is 6. The molecule has 0 aliphatic carbocycles. The molecule has 0 radical (unpaired) electrons. The van der Waals surface area contributed by atoms with Gasteiger partial charge >= 0.3 is 0 Å². The smallest absolute Gasteiger partial charge is 0.182 e. The Hall–Kier alpha value is -1.12. The molecule has 0 saturated carbocycles. The van der Waals surface area contributed by atoms with Gasteiger partial charge in [-0.2, -0.15) is 0 Å². The summed E-state index contributed by atoms with van der Waals surface area (Å²) in [6.07, 6.45) is 0. The average Bonchev–Trinajstić information content (AvgIpc) is 2.45. The van der Waals surface area contributed by atoms with Crippen LogP contribution in [0.15, 0.2) is 58.3 Å². The van der Waals surface area contributed by atoms with Crippen molar-refractivity contribution in [1.82, 2.24) is 0 Å². The van der Waals surface area contributed by atoms with Gasteiger partial charge in [-0.15, -0.1) is 0 Å². The van der Waals surface area contributed by atoms with Crippen molar-refractivity contribution in [2.75, 3.05) is 11.5 Å². The molecule has 9 heteroatoms. The van der Waals surface area contributed by atoms with Crippen LogP contribution < -0.4 is 0 Å². The second-order valence-corrected chi connectivity index (χ2v) is 10.7. The largest absolute Gasteiger partial charge is 0.388 e. The van der Waals surface area contributed by atoms with Crippen molar-refractivity contribution >= 4 is 42.9 Å². The molecular formula is C16H16Cl2O5S2.